The van der Waals surface area contributed by atoms with Crippen molar-refractivity contribution in [2.75, 3.05) is 29.9 Å². The Morgan fingerprint density at radius 1 is 1.11 bits per heavy atom. The van der Waals surface area contributed by atoms with Crippen LogP contribution in [0.4, 0.5) is 11.4 Å². The van der Waals surface area contributed by atoms with Gasteiger partial charge in [0.1, 0.15) is 17.6 Å². The zero-order valence-electron chi connectivity index (χ0n) is 19.7. The van der Waals surface area contributed by atoms with Gasteiger partial charge in [0.2, 0.25) is 0 Å². The molecule has 0 aliphatic carbocycles. The molecule has 2 aromatic heterocycles. The molecular formula is C27H25N5O2S2. The van der Waals surface area contributed by atoms with E-state index in [1.54, 1.807) is 35.9 Å². The standard InChI is InChI=1S/C27H25N5O2S2/c1-17-28-11-9-19(31-17)15-30-18-7-8-23-25(14-18)35-24-6-2-4-20(26(24)36-23)22-16-32(12-13-34-22)21-5-3-10-29-27(21)33/h2-11,14,22,30H,12-13,15-16H2,1H3,(H,29,33). The molecule has 4 heterocycles. The van der Waals surface area contributed by atoms with Gasteiger partial charge in [-0.25, -0.2) is 9.97 Å². The molecule has 1 saturated heterocycles. The molecule has 4 aromatic rings. The van der Waals surface area contributed by atoms with Crippen molar-refractivity contribution in [3.63, 3.8) is 0 Å². The Kier molecular flexibility index (Phi) is 6.43. The average Bonchev–Trinajstić information content (AvgIpc) is 2.91. The first-order chi connectivity index (χ1) is 17.6. The van der Waals surface area contributed by atoms with Gasteiger partial charge in [-0.15, -0.1) is 0 Å². The van der Waals surface area contributed by atoms with Crippen LogP contribution in [0.25, 0.3) is 0 Å². The van der Waals surface area contributed by atoms with E-state index in [0.29, 0.717) is 31.9 Å². The number of H-pyrrole nitrogens is 1. The number of fused-ring (bicyclic) bond motifs is 2. The monoisotopic (exact) mass is 515 g/mol. The number of pyridine rings is 1. The maximum atomic E-state index is 12.3. The van der Waals surface area contributed by atoms with E-state index in [1.165, 1.54) is 25.1 Å². The van der Waals surface area contributed by atoms with E-state index in [0.717, 1.165) is 17.2 Å². The first kappa shape index (κ1) is 23.1. The normalized spacial score (nSPS) is 16.8. The smallest absolute Gasteiger partial charge is 0.271 e. The van der Waals surface area contributed by atoms with Gasteiger partial charge in [-0.2, -0.15) is 0 Å². The first-order valence-corrected chi connectivity index (χ1v) is 13.5. The van der Waals surface area contributed by atoms with Crippen molar-refractivity contribution in [3.8, 4) is 0 Å². The number of hydrogen-bond donors (Lipinski definition) is 2. The van der Waals surface area contributed by atoms with Crippen LogP contribution >= 0.6 is 23.5 Å². The Bertz CT molecular complexity index is 1470. The third-order valence-electron chi connectivity index (χ3n) is 6.24. The summed E-state index contributed by atoms with van der Waals surface area (Å²) in [5, 5.41) is 3.48. The van der Waals surface area contributed by atoms with Crippen LogP contribution in [0.5, 0.6) is 0 Å². The number of nitrogens with zero attached hydrogens (tertiary/aromatic N) is 3. The molecule has 2 aliphatic heterocycles. The van der Waals surface area contributed by atoms with Gasteiger partial charge in [-0.3, -0.25) is 4.79 Å². The van der Waals surface area contributed by atoms with Crippen molar-refractivity contribution < 1.29 is 4.74 Å². The molecule has 0 spiro atoms. The molecule has 36 heavy (non-hydrogen) atoms. The topological polar surface area (TPSA) is 83.1 Å². The number of aromatic nitrogens is 3. The van der Waals surface area contributed by atoms with Crippen molar-refractivity contribution >= 4 is 34.9 Å². The van der Waals surface area contributed by atoms with Crippen molar-refractivity contribution in [1.29, 1.82) is 0 Å². The van der Waals surface area contributed by atoms with Crippen LogP contribution in [0.3, 0.4) is 0 Å². The number of anilines is 2. The Hall–Kier alpha value is -3.27. The van der Waals surface area contributed by atoms with E-state index < -0.39 is 0 Å². The maximum absolute atomic E-state index is 12.3. The minimum absolute atomic E-state index is 0.0636. The zero-order valence-corrected chi connectivity index (χ0v) is 21.4. The summed E-state index contributed by atoms with van der Waals surface area (Å²) in [7, 11) is 0. The number of hydrogen-bond acceptors (Lipinski definition) is 8. The molecule has 6 rings (SSSR count). The van der Waals surface area contributed by atoms with Gasteiger partial charge >= 0.3 is 0 Å². The lowest BCUT2D eigenvalue weighted by atomic mass is 10.1. The summed E-state index contributed by atoms with van der Waals surface area (Å²) in [6.07, 6.45) is 3.36. The third-order valence-corrected chi connectivity index (χ3v) is 8.86. The van der Waals surface area contributed by atoms with Gasteiger partial charge < -0.3 is 19.9 Å². The minimum Gasteiger partial charge on any atom is -0.379 e. The molecular weight excluding hydrogens is 490 g/mol. The summed E-state index contributed by atoms with van der Waals surface area (Å²) >= 11 is 3.58. The van der Waals surface area contributed by atoms with Crippen molar-refractivity contribution in [3.05, 3.63) is 94.4 Å². The second-order valence-electron chi connectivity index (χ2n) is 8.68. The summed E-state index contributed by atoms with van der Waals surface area (Å²) in [4.78, 5) is 30.8. The third kappa shape index (κ3) is 4.74. The predicted octanol–water partition coefficient (Wildman–Crippen LogP) is 5.28. The quantitative estimate of drug-likeness (QED) is 0.327. The Morgan fingerprint density at radius 2 is 2.06 bits per heavy atom. The fraction of sp³-hybridized carbons (Fsp3) is 0.222. The van der Waals surface area contributed by atoms with E-state index in [1.807, 2.05) is 25.1 Å². The van der Waals surface area contributed by atoms with Crippen LogP contribution < -0.4 is 15.8 Å². The van der Waals surface area contributed by atoms with E-state index in [9.17, 15) is 4.79 Å². The number of rotatable bonds is 5. The molecule has 0 radical (unpaired) electrons. The molecule has 7 nitrogen and oxygen atoms in total. The van der Waals surface area contributed by atoms with Gasteiger partial charge in [-0.05, 0) is 55.0 Å². The summed E-state index contributed by atoms with van der Waals surface area (Å²) in [6, 6.07) is 18.6. The van der Waals surface area contributed by atoms with Crippen molar-refractivity contribution in [1.82, 2.24) is 15.0 Å². The van der Waals surface area contributed by atoms with E-state index in [2.05, 4.69) is 61.6 Å². The number of ether oxygens (including phenoxy) is 1. The SMILES string of the molecule is Cc1nccc(CNc2ccc3c(c2)Sc2cccc(C4CN(c5ccc[nH]c5=O)CCO4)c2S3)n1. The number of aryl methyl sites for hydroxylation is 1. The number of benzene rings is 2. The second-order valence-corrected chi connectivity index (χ2v) is 10.8. The summed E-state index contributed by atoms with van der Waals surface area (Å²) in [5.74, 6) is 0.778. The molecule has 9 heteroatoms. The van der Waals surface area contributed by atoms with Crippen molar-refractivity contribution in [2.45, 2.75) is 39.2 Å². The molecule has 2 aliphatic rings. The predicted molar refractivity (Wildman–Crippen MR) is 143 cm³/mol. The Balaban J connectivity index is 1.21. The first-order valence-electron chi connectivity index (χ1n) is 11.8. The highest BCUT2D eigenvalue weighted by atomic mass is 32.2. The summed E-state index contributed by atoms with van der Waals surface area (Å²) < 4.78 is 6.21. The lowest BCUT2D eigenvalue weighted by molar-refractivity contribution is 0.0378. The number of aromatic amines is 1. The lowest BCUT2D eigenvalue weighted by Gasteiger charge is -2.35. The Labute approximate surface area is 217 Å². The molecule has 1 fully saturated rings. The zero-order chi connectivity index (χ0) is 24.5. The van der Waals surface area contributed by atoms with E-state index in [4.69, 9.17) is 4.74 Å². The van der Waals surface area contributed by atoms with E-state index >= 15 is 0 Å². The van der Waals surface area contributed by atoms with Crippen LogP contribution in [0.1, 0.15) is 23.2 Å². The number of morpholine rings is 1. The fourth-order valence-electron chi connectivity index (χ4n) is 4.50. The highest BCUT2D eigenvalue weighted by molar-refractivity contribution is 8.05. The fourth-order valence-corrected chi connectivity index (χ4v) is 6.95. The van der Waals surface area contributed by atoms with Gasteiger partial charge in [0, 0.05) is 50.8 Å². The van der Waals surface area contributed by atoms with Crippen LogP contribution in [0.2, 0.25) is 0 Å². The Morgan fingerprint density at radius 3 is 2.94 bits per heavy atom. The molecule has 2 aromatic carbocycles. The second kappa shape index (κ2) is 10.0. The molecule has 1 atom stereocenters. The highest BCUT2D eigenvalue weighted by Gasteiger charge is 2.29. The van der Waals surface area contributed by atoms with Crippen LogP contribution in [0.15, 0.2) is 91.4 Å². The van der Waals surface area contributed by atoms with Gasteiger partial charge in [-0.1, -0.05) is 35.7 Å². The molecule has 182 valence electrons. The maximum Gasteiger partial charge on any atom is 0.271 e. The average molecular weight is 516 g/mol. The van der Waals surface area contributed by atoms with Crippen molar-refractivity contribution in [2.24, 2.45) is 0 Å². The van der Waals surface area contributed by atoms with Crippen LogP contribution in [-0.4, -0.2) is 34.6 Å². The van der Waals surface area contributed by atoms with Crippen LogP contribution in [-0.2, 0) is 11.3 Å². The minimum atomic E-state index is -0.0970. The molecule has 2 N–H and O–H groups in total. The largest absolute Gasteiger partial charge is 0.379 e. The molecule has 0 bridgehead atoms. The lowest BCUT2D eigenvalue weighted by Crippen LogP contribution is -2.41. The van der Waals surface area contributed by atoms with Crippen LogP contribution in [0, 0.1) is 6.92 Å². The van der Waals surface area contributed by atoms with E-state index in [-0.39, 0.29) is 11.7 Å². The van der Waals surface area contributed by atoms with Gasteiger partial charge in [0.15, 0.2) is 0 Å². The summed E-state index contributed by atoms with van der Waals surface area (Å²) in [5.41, 5.74) is 3.84. The van der Waals surface area contributed by atoms with Gasteiger partial charge in [0.25, 0.3) is 5.56 Å². The summed E-state index contributed by atoms with van der Waals surface area (Å²) in [6.45, 7) is 4.48. The molecule has 1 unspecified atom stereocenters. The van der Waals surface area contributed by atoms with Gasteiger partial charge in [0.05, 0.1) is 18.8 Å². The highest BCUT2D eigenvalue weighted by Crippen LogP contribution is 2.51. The number of nitrogens with one attached hydrogen (secondary N) is 2. The molecule has 0 saturated carbocycles. The molecule has 0 amide bonds.